The largest absolute Gasteiger partial charge is 0.396 e. The highest BCUT2D eigenvalue weighted by Gasteiger charge is 2.19. The standard InChI is InChI=1S/C15H23NO2S/c17-10-7-13-4-1-8-16(12-13)9-2-5-14(18)15-6-3-11-19-15/h3,6,11,13,17H,1-2,4-5,7-10,12H2. The van der Waals surface area contributed by atoms with Crippen LogP contribution in [0.5, 0.6) is 0 Å². The molecule has 0 bridgehead atoms. The summed E-state index contributed by atoms with van der Waals surface area (Å²) in [5.41, 5.74) is 0. The number of carbonyl (C=O) groups is 1. The molecule has 0 aromatic carbocycles. The van der Waals surface area contributed by atoms with Gasteiger partial charge in [0.15, 0.2) is 5.78 Å². The summed E-state index contributed by atoms with van der Waals surface area (Å²) in [6.45, 7) is 3.55. The number of aliphatic hydroxyl groups is 1. The number of thiophene rings is 1. The van der Waals surface area contributed by atoms with Crippen molar-refractivity contribution in [3.8, 4) is 0 Å². The molecule has 19 heavy (non-hydrogen) atoms. The van der Waals surface area contributed by atoms with Gasteiger partial charge < -0.3 is 10.0 Å². The molecule has 3 nitrogen and oxygen atoms in total. The van der Waals surface area contributed by atoms with E-state index in [0.717, 1.165) is 37.4 Å². The fourth-order valence-electron chi connectivity index (χ4n) is 2.80. The molecule has 0 aliphatic carbocycles. The van der Waals surface area contributed by atoms with Crippen LogP contribution in [-0.2, 0) is 0 Å². The van der Waals surface area contributed by atoms with E-state index in [1.54, 1.807) is 0 Å². The van der Waals surface area contributed by atoms with Crippen molar-refractivity contribution in [3.63, 3.8) is 0 Å². The number of carbonyl (C=O) groups excluding carboxylic acids is 1. The maximum atomic E-state index is 11.9. The minimum atomic E-state index is 0.277. The van der Waals surface area contributed by atoms with Crippen molar-refractivity contribution in [3.05, 3.63) is 22.4 Å². The van der Waals surface area contributed by atoms with E-state index in [4.69, 9.17) is 5.11 Å². The summed E-state index contributed by atoms with van der Waals surface area (Å²) in [5, 5.41) is 11.0. The normalized spacial score (nSPS) is 20.6. The number of rotatable bonds is 7. The van der Waals surface area contributed by atoms with Gasteiger partial charge in [0, 0.05) is 19.6 Å². The summed E-state index contributed by atoms with van der Waals surface area (Å²) in [6.07, 6.45) is 4.99. The third-order valence-corrected chi connectivity index (χ3v) is 4.73. The predicted molar refractivity (Wildman–Crippen MR) is 78.8 cm³/mol. The quantitative estimate of drug-likeness (QED) is 0.781. The van der Waals surface area contributed by atoms with Crippen LogP contribution in [0.25, 0.3) is 0 Å². The molecule has 1 N–H and O–H groups in total. The second kappa shape index (κ2) is 7.78. The van der Waals surface area contributed by atoms with Crippen LogP contribution in [0.2, 0.25) is 0 Å². The van der Waals surface area contributed by atoms with E-state index in [9.17, 15) is 4.79 Å². The van der Waals surface area contributed by atoms with Gasteiger partial charge in [-0.3, -0.25) is 4.79 Å². The van der Waals surface area contributed by atoms with Crippen molar-refractivity contribution in [1.29, 1.82) is 0 Å². The van der Waals surface area contributed by atoms with Crippen molar-refractivity contribution in [1.82, 2.24) is 4.90 Å². The molecular formula is C15H23NO2S. The summed E-state index contributed by atoms with van der Waals surface area (Å²) in [7, 11) is 0. The van der Waals surface area contributed by atoms with Crippen LogP contribution in [-0.4, -0.2) is 42.0 Å². The van der Waals surface area contributed by atoms with Crippen LogP contribution in [0.15, 0.2) is 17.5 Å². The Bertz CT molecular complexity index is 376. The van der Waals surface area contributed by atoms with Gasteiger partial charge in [-0.25, -0.2) is 0 Å². The Morgan fingerprint density at radius 2 is 2.42 bits per heavy atom. The average molecular weight is 281 g/mol. The maximum Gasteiger partial charge on any atom is 0.172 e. The molecule has 1 unspecified atom stereocenters. The van der Waals surface area contributed by atoms with Gasteiger partial charge in [0.1, 0.15) is 0 Å². The van der Waals surface area contributed by atoms with Crippen LogP contribution in [0, 0.1) is 5.92 Å². The monoisotopic (exact) mass is 281 g/mol. The van der Waals surface area contributed by atoms with Crippen molar-refractivity contribution >= 4 is 17.1 Å². The van der Waals surface area contributed by atoms with Gasteiger partial charge in [0.05, 0.1) is 4.88 Å². The molecule has 0 spiro atoms. The highest BCUT2D eigenvalue weighted by atomic mass is 32.1. The summed E-state index contributed by atoms with van der Waals surface area (Å²) in [5.74, 6) is 0.922. The molecule has 0 saturated carbocycles. The highest BCUT2D eigenvalue weighted by Crippen LogP contribution is 2.20. The SMILES string of the molecule is O=C(CCCN1CCCC(CCO)C1)c1cccs1. The zero-order chi connectivity index (χ0) is 13.5. The Hall–Kier alpha value is -0.710. The summed E-state index contributed by atoms with van der Waals surface area (Å²) < 4.78 is 0. The molecule has 4 heteroatoms. The molecule has 2 heterocycles. The molecule has 1 atom stereocenters. The zero-order valence-corrected chi connectivity index (χ0v) is 12.2. The van der Waals surface area contributed by atoms with Gasteiger partial charge in [-0.2, -0.15) is 0 Å². The molecule has 1 aromatic heterocycles. The van der Waals surface area contributed by atoms with Gasteiger partial charge in [0.25, 0.3) is 0 Å². The molecule has 0 amide bonds. The van der Waals surface area contributed by atoms with Gasteiger partial charge >= 0.3 is 0 Å². The number of likely N-dealkylation sites (tertiary alicyclic amines) is 1. The summed E-state index contributed by atoms with van der Waals surface area (Å²) in [6, 6.07) is 3.84. The van der Waals surface area contributed by atoms with E-state index in [-0.39, 0.29) is 5.78 Å². The minimum absolute atomic E-state index is 0.277. The van der Waals surface area contributed by atoms with Crippen LogP contribution < -0.4 is 0 Å². The van der Waals surface area contributed by atoms with E-state index in [0.29, 0.717) is 18.9 Å². The Kier molecular flexibility index (Phi) is 6.01. The van der Waals surface area contributed by atoms with Crippen LogP contribution >= 0.6 is 11.3 Å². The van der Waals surface area contributed by atoms with Crippen LogP contribution in [0.1, 0.15) is 41.8 Å². The Balaban J connectivity index is 1.66. The molecule has 2 rings (SSSR count). The smallest absolute Gasteiger partial charge is 0.172 e. The Morgan fingerprint density at radius 1 is 1.53 bits per heavy atom. The molecule has 1 aromatic rings. The lowest BCUT2D eigenvalue weighted by molar-refractivity contribution is 0.0970. The number of aliphatic hydroxyl groups excluding tert-OH is 1. The van der Waals surface area contributed by atoms with Gasteiger partial charge in [-0.15, -0.1) is 11.3 Å². The van der Waals surface area contributed by atoms with Crippen molar-refractivity contribution in [2.45, 2.75) is 32.1 Å². The van der Waals surface area contributed by atoms with Crippen molar-refractivity contribution < 1.29 is 9.90 Å². The van der Waals surface area contributed by atoms with E-state index in [1.807, 2.05) is 17.5 Å². The fourth-order valence-corrected chi connectivity index (χ4v) is 3.49. The Morgan fingerprint density at radius 3 is 3.16 bits per heavy atom. The predicted octanol–water partition coefficient (Wildman–Crippen LogP) is 2.81. The molecule has 1 fully saturated rings. The van der Waals surface area contributed by atoms with Gasteiger partial charge in [-0.1, -0.05) is 6.07 Å². The van der Waals surface area contributed by atoms with Crippen molar-refractivity contribution in [2.75, 3.05) is 26.2 Å². The minimum Gasteiger partial charge on any atom is -0.396 e. The number of hydrogen-bond donors (Lipinski definition) is 1. The van der Waals surface area contributed by atoms with Crippen molar-refractivity contribution in [2.24, 2.45) is 5.92 Å². The number of ketones is 1. The van der Waals surface area contributed by atoms with E-state index in [1.165, 1.54) is 24.2 Å². The van der Waals surface area contributed by atoms with E-state index >= 15 is 0 Å². The summed E-state index contributed by atoms with van der Waals surface area (Å²) in [4.78, 5) is 15.2. The van der Waals surface area contributed by atoms with E-state index in [2.05, 4.69) is 4.90 Å². The highest BCUT2D eigenvalue weighted by molar-refractivity contribution is 7.12. The molecule has 1 saturated heterocycles. The number of nitrogens with zero attached hydrogens (tertiary/aromatic N) is 1. The second-order valence-corrected chi connectivity index (χ2v) is 6.27. The lowest BCUT2D eigenvalue weighted by Gasteiger charge is -2.32. The first kappa shape index (κ1) is 14.7. The summed E-state index contributed by atoms with van der Waals surface area (Å²) >= 11 is 1.53. The third-order valence-electron chi connectivity index (χ3n) is 3.81. The molecule has 106 valence electrons. The van der Waals surface area contributed by atoms with E-state index < -0.39 is 0 Å². The second-order valence-electron chi connectivity index (χ2n) is 5.33. The number of hydrogen-bond acceptors (Lipinski definition) is 4. The molecule has 1 aliphatic rings. The van der Waals surface area contributed by atoms with Crippen LogP contribution in [0.3, 0.4) is 0 Å². The number of Topliss-reactive ketones (excluding diaryl/α,β-unsaturated/α-hetero) is 1. The average Bonchev–Trinajstić information content (AvgIpc) is 2.93. The Labute approximate surface area is 119 Å². The van der Waals surface area contributed by atoms with Gasteiger partial charge in [0.2, 0.25) is 0 Å². The molecule has 1 aliphatic heterocycles. The van der Waals surface area contributed by atoms with Gasteiger partial charge in [-0.05, 0) is 56.1 Å². The topological polar surface area (TPSA) is 40.5 Å². The lowest BCUT2D eigenvalue weighted by atomic mass is 9.95. The first-order chi connectivity index (χ1) is 9.29. The number of piperidine rings is 1. The fraction of sp³-hybridized carbons (Fsp3) is 0.667. The molecule has 0 radical (unpaired) electrons. The lowest BCUT2D eigenvalue weighted by Crippen LogP contribution is -2.36. The first-order valence-electron chi connectivity index (χ1n) is 7.19. The molecular weight excluding hydrogens is 258 g/mol. The zero-order valence-electron chi connectivity index (χ0n) is 11.4. The maximum absolute atomic E-state index is 11.9. The third kappa shape index (κ3) is 4.71. The first-order valence-corrected chi connectivity index (χ1v) is 8.07. The van der Waals surface area contributed by atoms with Crippen LogP contribution in [0.4, 0.5) is 0 Å².